The van der Waals surface area contributed by atoms with E-state index in [1.807, 2.05) is 45.3 Å². The van der Waals surface area contributed by atoms with Crippen LogP contribution in [-0.4, -0.2) is 60.7 Å². The summed E-state index contributed by atoms with van der Waals surface area (Å²) in [6.45, 7) is 2.69. The number of rotatable bonds is 9. The molecule has 1 atom stereocenters. The zero-order chi connectivity index (χ0) is 21.7. The fourth-order valence-electron chi connectivity index (χ4n) is 3.65. The Balaban J connectivity index is 1.46. The van der Waals surface area contributed by atoms with Gasteiger partial charge in [-0.1, -0.05) is 42.0 Å². The molecule has 0 spiro atoms. The van der Waals surface area contributed by atoms with Gasteiger partial charge in [-0.15, -0.1) is 0 Å². The average molecular weight is 408 g/mol. The maximum atomic E-state index is 12.5. The first kappa shape index (κ1) is 21.7. The average Bonchev–Trinajstić information content (AvgIpc) is 2.95. The third-order valence-electron chi connectivity index (χ3n) is 5.49. The van der Waals surface area contributed by atoms with Crippen LogP contribution >= 0.6 is 0 Å². The van der Waals surface area contributed by atoms with Crippen LogP contribution < -0.4 is 5.32 Å². The van der Waals surface area contributed by atoms with Crippen molar-refractivity contribution in [3.05, 3.63) is 70.8 Å². The van der Waals surface area contributed by atoms with Crippen LogP contribution in [-0.2, 0) is 11.2 Å². The van der Waals surface area contributed by atoms with Gasteiger partial charge in [0, 0.05) is 25.6 Å². The molecule has 2 aromatic rings. The van der Waals surface area contributed by atoms with Gasteiger partial charge in [0.05, 0.1) is 11.1 Å². The van der Waals surface area contributed by atoms with Gasteiger partial charge in [0.2, 0.25) is 5.91 Å². The molecule has 0 aliphatic carbocycles. The van der Waals surface area contributed by atoms with Crippen LogP contribution in [0, 0.1) is 6.92 Å². The molecule has 158 valence electrons. The number of imide groups is 1. The summed E-state index contributed by atoms with van der Waals surface area (Å²) in [5.41, 5.74) is 3.08. The van der Waals surface area contributed by atoms with E-state index in [1.165, 1.54) is 10.5 Å². The topological polar surface area (TPSA) is 69.7 Å². The zero-order valence-electron chi connectivity index (χ0n) is 17.9. The van der Waals surface area contributed by atoms with E-state index in [2.05, 4.69) is 22.3 Å². The van der Waals surface area contributed by atoms with Crippen molar-refractivity contribution in [3.8, 4) is 0 Å². The van der Waals surface area contributed by atoms with Crippen molar-refractivity contribution in [2.45, 2.75) is 32.2 Å². The minimum Gasteiger partial charge on any atom is -0.355 e. The summed E-state index contributed by atoms with van der Waals surface area (Å²) in [7, 11) is 4.01. The van der Waals surface area contributed by atoms with Gasteiger partial charge in [-0.3, -0.25) is 19.3 Å². The van der Waals surface area contributed by atoms with Crippen LogP contribution in [0.3, 0.4) is 0 Å². The lowest BCUT2D eigenvalue weighted by atomic mass is 10.1. The highest BCUT2D eigenvalue weighted by molar-refractivity contribution is 6.21. The van der Waals surface area contributed by atoms with E-state index in [-0.39, 0.29) is 36.7 Å². The Hall–Kier alpha value is -2.99. The lowest BCUT2D eigenvalue weighted by molar-refractivity contribution is -0.121. The number of carbonyl (C=O) groups is 3. The molecular formula is C24H29N3O3. The van der Waals surface area contributed by atoms with Gasteiger partial charge < -0.3 is 10.2 Å². The summed E-state index contributed by atoms with van der Waals surface area (Å²) >= 11 is 0. The molecular weight excluding hydrogens is 378 g/mol. The highest BCUT2D eigenvalue weighted by Gasteiger charge is 2.34. The Morgan fingerprint density at radius 2 is 1.73 bits per heavy atom. The number of hydrogen-bond donors (Lipinski definition) is 1. The number of aryl methyl sites for hydroxylation is 1. The van der Waals surface area contributed by atoms with Crippen LogP contribution in [0.2, 0.25) is 0 Å². The van der Waals surface area contributed by atoms with Crippen LogP contribution in [0.5, 0.6) is 0 Å². The Morgan fingerprint density at radius 1 is 1.03 bits per heavy atom. The monoisotopic (exact) mass is 407 g/mol. The number of amides is 3. The lowest BCUT2D eigenvalue weighted by Crippen LogP contribution is -2.41. The molecule has 0 bridgehead atoms. The molecule has 1 heterocycles. The fraction of sp³-hybridized carbons (Fsp3) is 0.375. The van der Waals surface area contributed by atoms with Crippen LogP contribution in [0.1, 0.15) is 44.7 Å². The molecule has 2 aromatic carbocycles. The van der Waals surface area contributed by atoms with Crippen molar-refractivity contribution in [1.29, 1.82) is 0 Å². The Labute approximate surface area is 177 Å². The van der Waals surface area contributed by atoms with Gasteiger partial charge in [0.25, 0.3) is 11.8 Å². The largest absolute Gasteiger partial charge is 0.355 e. The van der Waals surface area contributed by atoms with E-state index in [1.54, 1.807) is 12.1 Å². The van der Waals surface area contributed by atoms with E-state index >= 15 is 0 Å². The fourth-order valence-corrected chi connectivity index (χ4v) is 3.65. The molecule has 30 heavy (non-hydrogen) atoms. The van der Waals surface area contributed by atoms with Gasteiger partial charge in [-0.25, -0.2) is 0 Å². The summed E-state index contributed by atoms with van der Waals surface area (Å²) in [6, 6.07) is 15.7. The molecule has 3 amide bonds. The standard InChI is InChI=1S/C24H29N3O3/c1-17-11-12-20-21(14-17)24(30)27(23(20)29)13-7-10-22(28)25-16-19(26(2)3)15-18-8-5-4-6-9-18/h4-6,8-9,11-12,14,19H,7,10,13,15-16H2,1-3H3,(H,25,28). The van der Waals surface area contributed by atoms with Crippen molar-refractivity contribution in [1.82, 2.24) is 15.1 Å². The number of nitrogens with one attached hydrogen (secondary N) is 1. The molecule has 1 aliphatic rings. The second kappa shape index (κ2) is 9.67. The molecule has 0 fully saturated rings. The zero-order valence-corrected chi connectivity index (χ0v) is 17.9. The molecule has 6 heteroatoms. The Bertz CT molecular complexity index is 925. The quantitative estimate of drug-likeness (QED) is 0.649. The number of nitrogens with zero attached hydrogens (tertiary/aromatic N) is 2. The lowest BCUT2D eigenvalue weighted by Gasteiger charge is -2.25. The van der Waals surface area contributed by atoms with E-state index in [0.29, 0.717) is 24.1 Å². The minimum absolute atomic E-state index is 0.0673. The molecule has 1 unspecified atom stereocenters. The number of hydrogen-bond acceptors (Lipinski definition) is 4. The van der Waals surface area contributed by atoms with E-state index in [9.17, 15) is 14.4 Å². The Morgan fingerprint density at radius 3 is 2.43 bits per heavy atom. The molecule has 0 saturated heterocycles. The number of fused-ring (bicyclic) bond motifs is 1. The van der Waals surface area contributed by atoms with Crippen molar-refractivity contribution >= 4 is 17.7 Å². The second-order valence-corrected chi connectivity index (χ2v) is 8.03. The summed E-state index contributed by atoms with van der Waals surface area (Å²) in [5.74, 6) is -0.608. The number of carbonyl (C=O) groups excluding carboxylic acids is 3. The molecule has 1 N–H and O–H groups in total. The number of likely N-dealkylation sites (N-methyl/N-ethyl adjacent to an activating group) is 1. The summed E-state index contributed by atoms with van der Waals surface area (Å²) in [6.07, 6.45) is 1.57. The first-order chi connectivity index (χ1) is 14.4. The van der Waals surface area contributed by atoms with Crippen molar-refractivity contribution < 1.29 is 14.4 Å². The normalized spacial score (nSPS) is 14.2. The highest BCUT2D eigenvalue weighted by atomic mass is 16.2. The molecule has 0 radical (unpaired) electrons. The predicted octanol–water partition coefficient (Wildman–Crippen LogP) is 2.66. The van der Waals surface area contributed by atoms with E-state index in [4.69, 9.17) is 0 Å². The van der Waals surface area contributed by atoms with Crippen molar-refractivity contribution in [2.24, 2.45) is 0 Å². The molecule has 1 aliphatic heterocycles. The first-order valence-corrected chi connectivity index (χ1v) is 10.3. The van der Waals surface area contributed by atoms with Gasteiger partial charge in [-0.05, 0) is 51.6 Å². The summed E-state index contributed by atoms with van der Waals surface area (Å²) < 4.78 is 0. The van der Waals surface area contributed by atoms with Gasteiger partial charge in [0.15, 0.2) is 0 Å². The van der Waals surface area contributed by atoms with Gasteiger partial charge in [-0.2, -0.15) is 0 Å². The molecule has 0 aromatic heterocycles. The Kier molecular flexibility index (Phi) is 7.00. The van der Waals surface area contributed by atoms with Gasteiger partial charge >= 0.3 is 0 Å². The maximum Gasteiger partial charge on any atom is 0.261 e. The summed E-state index contributed by atoms with van der Waals surface area (Å²) in [5, 5.41) is 2.99. The van der Waals surface area contributed by atoms with Gasteiger partial charge in [0.1, 0.15) is 0 Å². The highest BCUT2D eigenvalue weighted by Crippen LogP contribution is 2.24. The molecule has 0 saturated carbocycles. The van der Waals surface area contributed by atoms with Crippen LogP contribution in [0.4, 0.5) is 0 Å². The first-order valence-electron chi connectivity index (χ1n) is 10.3. The number of benzene rings is 2. The second-order valence-electron chi connectivity index (χ2n) is 8.03. The SMILES string of the molecule is Cc1ccc2c(c1)C(=O)N(CCCC(=O)NCC(Cc1ccccc1)N(C)C)C2=O. The van der Waals surface area contributed by atoms with E-state index < -0.39 is 0 Å². The molecule has 6 nitrogen and oxygen atoms in total. The van der Waals surface area contributed by atoms with Crippen molar-refractivity contribution in [3.63, 3.8) is 0 Å². The van der Waals surface area contributed by atoms with E-state index in [0.717, 1.165) is 12.0 Å². The minimum atomic E-state index is -0.272. The van der Waals surface area contributed by atoms with Crippen LogP contribution in [0.15, 0.2) is 48.5 Å². The van der Waals surface area contributed by atoms with Crippen LogP contribution in [0.25, 0.3) is 0 Å². The third kappa shape index (κ3) is 5.13. The predicted molar refractivity (Wildman–Crippen MR) is 116 cm³/mol. The maximum absolute atomic E-state index is 12.5. The third-order valence-corrected chi connectivity index (χ3v) is 5.49. The smallest absolute Gasteiger partial charge is 0.261 e. The summed E-state index contributed by atoms with van der Waals surface area (Å²) in [4.78, 5) is 40.6. The van der Waals surface area contributed by atoms with Crippen molar-refractivity contribution in [2.75, 3.05) is 27.2 Å². The molecule has 3 rings (SSSR count).